The topological polar surface area (TPSA) is 101 Å². The molecule has 1 aromatic carbocycles. The first-order valence-electron chi connectivity index (χ1n) is 10.5. The summed E-state index contributed by atoms with van der Waals surface area (Å²) >= 11 is 4.97. The van der Waals surface area contributed by atoms with Gasteiger partial charge in [0.1, 0.15) is 22.6 Å². The van der Waals surface area contributed by atoms with Gasteiger partial charge in [0.25, 0.3) is 0 Å². The number of nitro groups is 1. The van der Waals surface area contributed by atoms with Gasteiger partial charge in [-0.2, -0.15) is 0 Å². The normalized spacial score (nSPS) is 18.7. The van der Waals surface area contributed by atoms with E-state index in [0.29, 0.717) is 61.1 Å². The molecule has 2 aliphatic rings. The number of ether oxygens (including phenoxy) is 1. The SMILES string of the molecule is CC(=S)NC[C@H]1CN(c2ccc(C3=CCN(Cc4ccc([N+](=O)[O-])o4)CC3)c(F)c2)C(=O)O1. The first kappa shape index (κ1) is 22.9. The maximum Gasteiger partial charge on any atom is 0.433 e. The lowest BCUT2D eigenvalue weighted by atomic mass is 9.98. The third kappa shape index (κ3) is 5.37. The smallest absolute Gasteiger partial charge is 0.433 e. The van der Waals surface area contributed by atoms with Crippen LogP contribution in [0.1, 0.15) is 24.7 Å². The van der Waals surface area contributed by atoms with Crippen LogP contribution in [0, 0.1) is 15.9 Å². The number of thiocarbonyl (C=S) groups is 1. The molecule has 1 fully saturated rings. The molecule has 3 heterocycles. The minimum atomic E-state index is -0.566. The van der Waals surface area contributed by atoms with Crippen molar-refractivity contribution < 1.29 is 23.3 Å². The van der Waals surface area contributed by atoms with Gasteiger partial charge >= 0.3 is 12.0 Å². The molecule has 9 nitrogen and oxygen atoms in total. The van der Waals surface area contributed by atoms with Crippen molar-refractivity contribution in [1.82, 2.24) is 10.2 Å². The number of amides is 1. The van der Waals surface area contributed by atoms with Crippen LogP contribution in [0.25, 0.3) is 5.57 Å². The largest absolute Gasteiger partial charge is 0.442 e. The fourth-order valence-electron chi connectivity index (χ4n) is 3.90. The average molecular weight is 475 g/mol. The molecule has 11 heteroatoms. The van der Waals surface area contributed by atoms with Crippen molar-refractivity contribution in [2.45, 2.75) is 26.0 Å². The molecular formula is C22H23FN4O5S. The van der Waals surface area contributed by atoms with E-state index < -0.39 is 16.8 Å². The highest BCUT2D eigenvalue weighted by molar-refractivity contribution is 7.80. The van der Waals surface area contributed by atoms with Gasteiger partial charge in [-0.25, -0.2) is 9.18 Å². The summed E-state index contributed by atoms with van der Waals surface area (Å²) in [6, 6.07) is 7.68. The Hall–Kier alpha value is -3.31. The molecule has 0 unspecified atom stereocenters. The van der Waals surface area contributed by atoms with Crippen LogP contribution in [0.15, 0.2) is 40.8 Å². The van der Waals surface area contributed by atoms with Crippen LogP contribution in [0.2, 0.25) is 0 Å². The zero-order valence-corrected chi connectivity index (χ0v) is 18.8. The summed E-state index contributed by atoms with van der Waals surface area (Å²) in [5.74, 6) is -0.169. The molecule has 2 aliphatic heterocycles. The molecule has 2 aromatic rings. The van der Waals surface area contributed by atoms with Gasteiger partial charge in [-0.1, -0.05) is 18.3 Å². The third-order valence-corrected chi connectivity index (χ3v) is 5.71. The quantitative estimate of drug-likeness (QED) is 0.367. The molecule has 1 atom stereocenters. The second kappa shape index (κ2) is 9.67. The minimum Gasteiger partial charge on any atom is -0.442 e. The molecule has 1 aromatic heterocycles. The van der Waals surface area contributed by atoms with Crippen LogP contribution in [0.5, 0.6) is 0 Å². The molecular weight excluding hydrogens is 451 g/mol. The molecule has 174 valence electrons. The van der Waals surface area contributed by atoms with Crippen LogP contribution in [-0.4, -0.2) is 53.2 Å². The zero-order chi connectivity index (χ0) is 23.5. The Kier molecular flexibility index (Phi) is 6.70. The second-order valence-corrected chi connectivity index (χ2v) is 8.54. The number of halogens is 1. The summed E-state index contributed by atoms with van der Waals surface area (Å²) in [5.41, 5.74) is 1.82. The van der Waals surface area contributed by atoms with E-state index in [0.717, 1.165) is 5.57 Å². The molecule has 1 N–H and O–H groups in total. The van der Waals surface area contributed by atoms with Gasteiger partial charge in [0, 0.05) is 18.7 Å². The molecule has 1 amide bonds. The van der Waals surface area contributed by atoms with Crippen LogP contribution >= 0.6 is 12.2 Å². The van der Waals surface area contributed by atoms with Crippen LogP contribution in [0.4, 0.5) is 20.8 Å². The predicted octanol–water partition coefficient (Wildman–Crippen LogP) is 3.88. The van der Waals surface area contributed by atoms with E-state index in [4.69, 9.17) is 21.4 Å². The molecule has 0 spiro atoms. The van der Waals surface area contributed by atoms with Gasteiger partial charge < -0.3 is 14.5 Å². The van der Waals surface area contributed by atoms with E-state index in [1.54, 1.807) is 25.1 Å². The lowest BCUT2D eigenvalue weighted by Crippen LogP contribution is -2.32. The number of rotatable bonds is 7. The number of carbonyl (C=O) groups excluding carboxylic acids is 1. The van der Waals surface area contributed by atoms with E-state index in [1.165, 1.54) is 17.0 Å². The van der Waals surface area contributed by atoms with Gasteiger partial charge in [0.05, 0.1) is 36.4 Å². The Labute approximate surface area is 194 Å². The fraction of sp³-hybridized carbons (Fsp3) is 0.364. The van der Waals surface area contributed by atoms with E-state index in [-0.39, 0.29) is 12.0 Å². The second-order valence-electron chi connectivity index (χ2n) is 7.93. The zero-order valence-electron chi connectivity index (χ0n) is 18.0. The summed E-state index contributed by atoms with van der Waals surface area (Å²) in [5, 5.41) is 13.7. The number of carbonyl (C=O) groups is 1. The monoisotopic (exact) mass is 474 g/mol. The van der Waals surface area contributed by atoms with Crippen molar-refractivity contribution in [3.05, 3.63) is 63.7 Å². The summed E-state index contributed by atoms with van der Waals surface area (Å²) in [4.78, 5) is 26.5. The number of nitrogens with zero attached hydrogens (tertiary/aromatic N) is 3. The van der Waals surface area contributed by atoms with E-state index >= 15 is 0 Å². The molecule has 1 saturated heterocycles. The van der Waals surface area contributed by atoms with Crippen molar-refractivity contribution in [1.29, 1.82) is 0 Å². The van der Waals surface area contributed by atoms with Gasteiger partial charge in [0.15, 0.2) is 0 Å². The molecule has 33 heavy (non-hydrogen) atoms. The number of furan rings is 1. The highest BCUT2D eigenvalue weighted by Crippen LogP contribution is 2.30. The van der Waals surface area contributed by atoms with Gasteiger partial charge in [-0.05, 0) is 43.2 Å². The number of anilines is 1. The van der Waals surface area contributed by atoms with E-state index in [2.05, 4.69) is 10.2 Å². The molecule has 0 saturated carbocycles. The van der Waals surface area contributed by atoms with Crippen LogP contribution in [0.3, 0.4) is 0 Å². The van der Waals surface area contributed by atoms with E-state index in [9.17, 15) is 19.3 Å². The number of nitrogens with one attached hydrogen (secondary N) is 1. The van der Waals surface area contributed by atoms with Crippen molar-refractivity contribution >= 4 is 40.4 Å². The van der Waals surface area contributed by atoms with Crippen molar-refractivity contribution in [2.75, 3.05) is 31.1 Å². The van der Waals surface area contributed by atoms with Gasteiger partial charge in [-0.15, -0.1) is 0 Å². The summed E-state index contributed by atoms with van der Waals surface area (Å²) < 4.78 is 25.5. The lowest BCUT2D eigenvalue weighted by molar-refractivity contribution is -0.402. The minimum absolute atomic E-state index is 0.279. The highest BCUT2D eigenvalue weighted by Gasteiger charge is 2.32. The third-order valence-electron chi connectivity index (χ3n) is 5.56. The highest BCUT2D eigenvalue weighted by atomic mass is 32.1. The van der Waals surface area contributed by atoms with Crippen molar-refractivity contribution in [3.63, 3.8) is 0 Å². The Balaban J connectivity index is 1.38. The van der Waals surface area contributed by atoms with E-state index in [1.807, 2.05) is 6.08 Å². The summed E-state index contributed by atoms with van der Waals surface area (Å²) in [6.45, 7) is 4.14. The number of hydrogen-bond acceptors (Lipinski definition) is 7. The maximum absolute atomic E-state index is 14.9. The first-order valence-corrected chi connectivity index (χ1v) is 10.9. The first-order chi connectivity index (χ1) is 15.8. The summed E-state index contributed by atoms with van der Waals surface area (Å²) in [7, 11) is 0. The van der Waals surface area contributed by atoms with Crippen LogP contribution in [-0.2, 0) is 11.3 Å². The Morgan fingerprint density at radius 3 is 2.82 bits per heavy atom. The standard InChI is InChI=1S/C22H23FN4O5S/c1-14(33)24-11-18-13-26(22(28)32-18)16-2-4-19(20(23)10-16)15-6-8-25(9-7-15)12-17-3-5-21(31-17)27(29)30/h2-6,10,18H,7-9,11-13H2,1H3,(H,24,33)/t18-/m0/s1. The maximum atomic E-state index is 14.9. The molecule has 0 bridgehead atoms. The van der Waals surface area contributed by atoms with Crippen molar-refractivity contribution in [2.24, 2.45) is 0 Å². The molecule has 0 aliphatic carbocycles. The van der Waals surface area contributed by atoms with Crippen LogP contribution < -0.4 is 10.2 Å². The predicted molar refractivity (Wildman–Crippen MR) is 124 cm³/mol. The van der Waals surface area contributed by atoms with Crippen molar-refractivity contribution in [3.8, 4) is 0 Å². The summed E-state index contributed by atoms with van der Waals surface area (Å²) in [6.07, 6.45) is 1.69. The number of hydrogen-bond donors (Lipinski definition) is 1. The lowest BCUT2D eigenvalue weighted by Gasteiger charge is -2.26. The van der Waals surface area contributed by atoms with Gasteiger partial charge in [0.2, 0.25) is 0 Å². The Morgan fingerprint density at radius 2 is 2.18 bits per heavy atom. The molecule has 4 rings (SSSR count). The average Bonchev–Trinajstić information content (AvgIpc) is 3.39. The Morgan fingerprint density at radius 1 is 1.36 bits per heavy atom. The number of cyclic esters (lactones) is 1. The molecule has 0 radical (unpaired) electrons. The fourth-order valence-corrected chi connectivity index (χ4v) is 3.98. The number of benzene rings is 1. The Bertz CT molecular complexity index is 1120. The van der Waals surface area contributed by atoms with Gasteiger partial charge in [-0.3, -0.25) is 19.9 Å².